The summed E-state index contributed by atoms with van der Waals surface area (Å²) < 4.78 is 26.3. The molecule has 3 aromatic rings. The van der Waals surface area contributed by atoms with Gasteiger partial charge in [0.25, 0.3) is 15.9 Å². The molecule has 0 atom stereocenters. The van der Waals surface area contributed by atoms with Crippen molar-refractivity contribution in [3.05, 3.63) is 83.3 Å². The van der Waals surface area contributed by atoms with E-state index in [0.717, 1.165) is 27.6 Å². The fourth-order valence-electron chi connectivity index (χ4n) is 3.36. The minimum atomic E-state index is -3.63. The molecule has 0 unspecified atom stereocenters. The van der Waals surface area contributed by atoms with Gasteiger partial charge in [-0.25, -0.2) is 8.42 Å². The minimum Gasteiger partial charge on any atom is -0.303 e. The molecule has 136 valence electrons. The van der Waals surface area contributed by atoms with Gasteiger partial charge >= 0.3 is 0 Å². The van der Waals surface area contributed by atoms with E-state index in [0.29, 0.717) is 23.2 Å². The highest BCUT2D eigenvalue weighted by molar-refractivity contribution is 7.95. The molecule has 1 aliphatic heterocycles. The van der Waals surface area contributed by atoms with Crippen LogP contribution in [-0.2, 0) is 16.6 Å². The standard InChI is InChI=1S/C21H18N2O3S/c1-3-27(25,26)22-18-11-12-19-20-16(18)5-4-6-17(20)21(24)23(19)13-15-9-7-14(2)8-10-15/h3-12,22H,1,13H2,2H3. The molecule has 1 N–H and O–H groups in total. The second-order valence-electron chi connectivity index (χ2n) is 6.55. The quantitative estimate of drug-likeness (QED) is 0.724. The molecule has 0 spiro atoms. The second kappa shape index (κ2) is 6.25. The number of amides is 1. The van der Waals surface area contributed by atoms with Crippen molar-refractivity contribution >= 4 is 38.1 Å². The molecule has 5 nitrogen and oxygen atoms in total. The molecule has 3 aromatic carbocycles. The number of hydrogen-bond donors (Lipinski definition) is 1. The molecule has 1 aliphatic rings. The molecule has 0 aromatic heterocycles. The number of nitrogens with zero attached hydrogens (tertiary/aromatic N) is 1. The third kappa shape index (κ3) is 2.98. The number of sulfonamides is 1. The number of carbonyl (C=O) groups excluding carboxylic acids is 1. The monoisotopic (exact) mass is 378 g/mol. The van der Waals surface area contributed by atoms with E-state index in [2.05, 4.69) is 11.3 Å². The summed E-state index contributed by atoms with van der Waals surface area (Å²) in [6.07, 6.45) is 0. The largest absolute Gasteiger partial charge is 0.303 e. The first-order chi connectivity index (χ1) is 12.9. The molecule has 6 heteroatoms. The number of nitrogens with one attached hydrogen (secondary N) is 1. The topological polar surface area (TPSA) is 66.5 Å². The summed E-state index contributed by atoms with van der Waals surface area (Å²) in [5.74, 6) is -0.0834. The van der Waals surface area contributed by atoms with Crippen LogP contribution in [0.3, 0.4) is 0 Å². The zero-order chi connectivity index (χ0) is 19.2. The van der Waals surface area contributed by atoms with Crippen molar-refractivity contribution in [2.45, 2.75) is 13.5 Å². The third-order valence-electron chi connectivity index (χ3n) is 4.72. The van der Waals surface area contributed by atoms with Crippen LogP contribution < -0.4 is 9.62 Å². The Hall–Kier alpha value is -3.12. The Kier molecular flexibility index (Phi) is 4.00. The van der Waals surface area contributed by atoms with Gasteiger partial charge < -0.3 is 4.90 Å². The van der Waals surface area contributed by atoms with E-state index in [1.807, 2.05) is 37.3 Å². The third-order valence-corrected chi connectivity index (χ3v) is 5.66. The maximum atomic E-state index is 13.0. The highest BCUT2D eigenvalue weighted by Crippen LogP contribution is 2.41. The molecule has 0 saturated heterocycles. The first kappa shape index (κ1) is 17.3. The summed E-state index contributed by atoms with van der Waals surface area (Å²) in [4.78, 5) is 14.7. The molecule has 0 fully saturated rings. The Morgan fingerprint density at radius 2 is 1.81 bits per heavy atom. The van der Waals surface area contributed by atoms with Crippen LogP contribution >= 0.6 is 0 Å². The molecule has 0 aliphatic carbocycles. The lowest BCUT2D eigenvalue weighted by atomic mass is 10.0. The zero-order valence-electron chi connectivity index (χ0n) is 14.8. The molecule has 1 amide bonds. The lowest BCUT2D eigenvalue weighted by Gasteiger charge is -2.18. The lowest BCUT2D eigenvalue weighted by molar-refractivity contribution is 0.0991. The number of carbonyl (C=O) groups is 1. The molecular formula is C21H18N2O3S. The fourth-order valence-corrected chi connectivity index (χ4v) is 3.93. The highest BCUT2D eigenvalue weighted by atomic mass is 32.2. The summed E-state index contributed by atoms with van der Waals surface area (Å²) in [5, 5.41) is 2.32. The predicted molar refractivity (Wildman–Crippen MR) is 108 cm³/mol. The predicted octanol–water partition coefficient (Wildman–Crippen LogP) is 4.19. The second-order valence-corrected chi connectivity index (χ2v) is 8.18. The van der Waals surface area contributed by atoms with Crippen LogP contribution in [-0.4, -0.2) is 14.3 Å². The fraction of sp³-hybridized carbons (Fsp3) is 0.0952. The van der Waals surface area contributed by atoms with E-state index < -0.39 is 10.0 Å². The van der Waals surface area contributed by atoms with Gasteiger partial charge in [0.2, 0.25) is 0 Å². The van der Waals surface area contributed by atoms with Crippen LogP contribution in [0, 0.1) is 6.92 Å². The van der Waals surface area contributed by atoms with Gasteiger partial charge in [-0.15, -0.1) is 0 Å². The van der Waals surface area contributed by atoms with E-state index in [-0.39, 0.29) is 5.91 Å². The number of anilines is 2. The van der Waals surface area contributed by atoms with Crippen molar-refractivity contribution in [3.63, 3.8) is 0 Å². The average Bonchev–Trinajstić information content (AvgIpc) is 2.93. The van der Waals surface area contributed by atoms with Gasteiger partial charge in [0, 0.05) is 21.7 Å². The summed E-state index contributed by atoms with van der Waals surface area (Å²) >= 11 is 0. The van der Waals surface area contributed by atoms with Crippen molar-refractivity contribution in [3.8, 4) is 0 Å². The molecule has 0 bridgehead atoms. The van der Waals surface area contributed by atoms with Crippen LogP contribution in [0.25, 0.3) is 10.8 Å². The van der Waals surface area contributed by atoms with Gasteiger partial charge in [0.05, 0.1) is 17.9 Å². The maximum absolute atomic E-state index is 13.0. The van der Waals surface area contributed by atoms with Crippen LogP contribution in [0.4, 0.5) is 11.4 Å². The summed E-state index contributed by atoms with van der Waals surface area (Å²) in [6.45, 7) is 5.80. The van der Waals surface area contributed by atoms with Crippen molar-refractivity contribution in [2.75, 3.05) is 9.62 Å². The number of aryl methyl sites for hydroxylation is 1. The SMILES string of the molecule is C=CS(=O)(=O)Nc1ccc2c3c(cccc13)C(=O)N2Cc1ccc(C)cc1. The van der Waals surface area contributed by atoms with Crippen molar-refractivity contribution in [1.82, 2.24) is 0 Å². The Balaban J connectivity index is 1.81. The molecule has 1 heterocycles. The Morgan fingerprint density at radius 3 is 2.52 bits per heavy atom. The normalized spacial score (nSPS) is 13.2. The molecule has 4 rings (SSSR count). The van der Waals surface area contributed by atoms with Crippen molar-refractivity contribution in [2.24, 2.45) is 0 Å². The molecule has 0 saturated carbocycles. The highest BCUT2D eigenvalue weighted by Gasteiger charge is 2.30. The number of rotatable bonds is 5. The first-order valence-electron chi connectivity index (χ1n) is 8.48. The Labute approximate surface area is 158 Å². The zero-order valence-corrected chi connectivity index (χ0v) is 15.6. The summed E-state index contributed by atoms with van der Waals surface area (Å²) in [6, 6.07) is 16.9. The molecule has 27 heavy (non-hydrogen) atoms. The van der Waals surface area contributed by atoms with Gasteiger partial charge in [0.1, 0.15) is 0 Å². The van der Waals surface area contributed by atoms with E-state index >= 15 is 0 Å². The van der Waals surface area contributed by atoms with E-state index in [1.165, 1.54) is 0 Å². The van der Waals surface area contributed by atoms with Crippen LogP contribution in [0.2, 0.25) is 0 Å². The minimum absolute atomic E-state index is 0.0834. The molecular weight excluding hydrogens is 360 g/mol. The van der Waals surface area contributed by atoms with Crippen LogP contribution in [0.15, 0.2) is 66.6 Å². The summed E-state index contributed by atoms with van der Waals surface area (Å²) in [5.41, 5.74) is 3.99. The molecule has 0 radical (unpaired) electrons. The van der Waals surface area contributed by atoms with Crippen LogP contribution in [0.1, 0.15) is 21.5 Å². The Morgan fingerprint density at radius 1 is 1.07 bits per heavy atom. The first-order valence-corrected chi connectivity index (χ1v) is 10.0. The summed E-state index contributed by atoms with van der Waals surface area (Å²) in [7, 11) is -3.63. The van der Waals surface area contributed by atoms with Gasteiger partial charge in [-0.1, -0.05) is 48.5 Å². The van der Waals surface area contributed by atoms with E-state index in [1.54, 1.807) is 29.2 Å². The van der Waals surface area contributed by atoms with Gasteiger partial charge in [-0.2, -0.15) is 0 Å². The maximum Gasteiger partial charge on any atom is 0.259 e. The van der Waals surface area contributed by atoms with Gasteiger partial charge in [-0.05, 0) is 30.7 Å². The van der Waals surface area contributed by atoms with Gasteiger partial charge in [0.15, 0.2) is 0 Å². The van der Waals surface area contributed by atoms with Crippen LogP contribution in [0.5, 0.6) is 0 Å². The lowest BCUT2D eigenvalue weighted by Crippen LogP contribution is -2.26. The van der Waals surface area contributed by atoms with Crippen molar-refractivity contribution < 1.29 is 13.2 Å². The average molecular weight is 378 g/mol. The smallest absolute Gasteiger partial charge is 0.259 e. The number of hydrogen-bond acceptors (Lipinski definition) is 3. The van der Waals surface area contributed by atoms with E-state index in [9.17, 15) is 13.2 Å². The van der Waals surface area contributed by atoms with E-state index in [4.69, 9.17) is 0 Å². The van der Waals surface area contributed by atoms with Crippen molar-refractivity contribution in [1.29, 1.82) is 0 Å². The number of benzene rings is 3. The Bertz CT molecular complexity index is 1180. The van der Waals surface area contributed by atoms with Gasteiger partial charge in [-0.3, -0.25) is 9.52 Å².